The zero-order valence-electron chi connectivity index (χ0n) is 20.2. The molecule has 1 aromatic carbocycles. The highest BCUT2D eigenvalue weighted by Gasteiger charge is 2.30. The Morgan fingerprint density at radius 1 is 0.946 bits per heavy atom. The number of amides is 3. The molecule has 12 heteroatoms. The lowest BCUT2D eigenvalue weighted by Gasteiger charge is -2.39. The predicted molar refractivity (Wildman–Crippen MR) is 141 cm³/mol. The molecule has 3 aromatic heterocycles. The van der Waals surface area contributed by atoms with Crippen LogP contribution in [0.15, 0.2) is 48.0 Å². The van der Waals surface area contributed by atoms with Gasteiger partial charge >= 0.3 is 6.03 Å². The van der Waals surface area contributed by atoms with Crippen LogP contribution in [-0.2, 0) is 0 Å². The number of piperazine rings is 1. The van der Waals surface area contributed by atoms with Crippen LogP contribution in [-0.4, -0.2) is 86.4 Å². The van der Waals surface area contributed by atoms with E-state index in [4.69, 9.17) is 0 Å². The zero-order chi connectivity index (χ0) is 25.2. The van der Waals surface area contributed by atoms with Gasteiger partial charge in [0.2, 0.25) is 0 Å². The van der Waals surface area contributed by atoms with Crippen molar-refractivity contribution in [3.8, 4) is 0 Å². The van der Waals surface area contributed by atoms with Gasteiger partial charge in [-0.2, -0.15) is 15.4 Å². The highest BCUT2D eigenvalue weighted by Crippen LogP contribution is 2.31. The average molecular weight is 518 g/mol. The van der Waals surface area contributed by atoms with Gasteiger partial charge in [0, 0.05) is 62.5 Å². The number of carbonyl (C=O) groups excluding carboxylic acids is 2. The van der Waals surface area contributed by atoms with Crippen molar-refractivity contribution in [1.82, 2.24) is 35.2 Å². The number of benzene rings is 1. The predicted octanol–water partition coefficient (Wildman–Crippen LogP) is 3.18. The number of H-pyrrole nitrogens is 1. The Bertz CT molecular complexity index is 1390. The molecular formula is C25H27N9O2S. The van der Waals surface area contributed by atoms with Crippen LogP contribution in [0.1, 0.15) is 34.3 Å². The summed E-state index contributed by atoms with van der Waals surface area (Å²) < 4.78 is 0. The lowest BCUT2D eigenvalue weighted by Crippen LogP contribution is -2.54. The van der Waals surface area contributed by atoms with Crippen LogP contribution < -0.4 is 10.2 Å². The summed E-state index contributed by atoms with van der Waals surface area (Å²) in [6.45, 7) is 4.37. The molecule has 5 heterocycles. The van der Waals surface area contributed by atoms with Crippen molar-refractivity contribution in [2.75, 3.05) is 49.5 Å². The summed E-state index contributed by atoms with van der Waals surface area (Å²) in [4.78, 5) is 41.0. The largest absolute Gasteiger partial charge is 0.353 e. The molecule has 0 bridgehead atoms. The fourth-order valence-corrected chi connectivity index (χ4v) is 5.85. The van der Waals surface area contributed by atoms with Crippen molar-refractivity contribution < 1.29 is 9.59 Å². The van der Waals surface area contributed by atoms with Crippen LogP contribution in [0.5, 0.6) is 0 Å². The molecule has 4 aromatic rings. The minimum absolute atomic E-state index is 0.113. The second kappa shape index (κ2) is 10.1. The van der Waals surface area contributed by atoms with Crippen molar-refractivity contribution in [2.24, 2.45) is 0 Å². The molecule has 0 unspecified atom stereocenters. The minimum Gasteiger partial charge on any atom is -0.353 e. The van der Waals surface area contributed by atoms with Crippen LogP contribution in [0.4, 0.5) is 16.3 Å². The molecule has 2 aliphatic heterocycles. The van der Waals surface area contributed by atoms with Gasteiger partial charge in [0.15, 0.2) is 0 Å². The number of urea groups is 1. The molecule has 2 fully saturated rings. The Hall–Kier alpha value is -4.06. The second-order valence-corrected chi connectivity index (χ2v) is 10.1. The van der Waals surface area contributed by atoms with Gasteiger partial charge in [-0.25, -0.2) is 14.8 Å². The Kier molecular flexibility index (Phi) is 6.39. The first-order valence-corrected chi connectivity index (χ1v) is 13.3. The highest BCUT2D eigenvalue weighted by molar-refractivity contribution is 7.10. The normalized spacial score (nSPS) is 16.8. The first-order chi connectivity index (χ1) is 18.1. The second-order valence-electron chi connectivity index (χ2n) is 9.26. The quantitative estimate of drug-likeness (QED) is 0.426. The van der Waals surface area contributed by atoms with Crippen molar-refractivity contribution >= 4 is 45.8 Å². The number of likely N-dealkylation sites (tertiary alicyclic amines) is 1. The standard InChI is InChI=1S/C25H27N9O2S/c35-23(27-18-4-5-19-20(15-18)30-31-29-19)21-16-37-24(28-21)17-6-9-33(10-7-17)25(36)34-13-11-32(12-14-34)22-3-1-2-8-26-22/h1-5,8,15-17H,6-7,9-14H2,(H,27,35)(H,29,30,31). The van der Waals surface area contributed by atoms with Crippen molar-refractivity contribution in [3.63, 3.8) is 0 Å². The van der Waals surface area contributed by atoms with Crippen molar-refractivity contribution in [2.45, 2.75) is 18.8 Å². The van der Waals surface area contributed by atoms with Gasteiger partial charge in [-0.05, 0) is 43.2 Å². The van der Waals surface area contributed by atoms with Gasteiger partial charge in [0.1, 0.15) is 22.5 Å². The fourth-order valence-electron chi connectivity index (χ4n) is 4.88. The van der Waals surface area contributed by atoms with Crippen molar-refractivity contribution in [1.29, 1.82) is 0 Å². The molecule has 2 aliphatic rings. The number of aromatic nitrogens is 5. The number of hydrogen-bond acceptors (Lipinski definition) is 8. The van der Waals surface area contributed by atoms with E-state index in [2.05, 4.69) is 35.6 Å². The van der Waals surface area contributed by atoms with E-state index < -0.39 is 0 Å². The lowest BCUT2D eigenvalue weighted by molar-refractivity contribution is 0.102. The topological polar surface area (TPSA) is 123 Å². The molecule has 2 saturated heterocycles. The van der Waals surface area contributed by atoms with Gasteiger partial charge in [-0.15, -0.1) is 11.3 Å². The van der Waals surface area contributed by atoms with Gasteiger partial charge in [-0.3, -0.25) is 4.79 Å². The molecule has 0 radical (unpaired) electrons. The van der Waals surface area contributed by atoms with E-state index in [-0.39, 0.29) is 17.9 Å². The van der Waals surface area contributed by atoms with Gasteiger partial charge < -0.3 is 20.0 Å². The van der Waals surface area contributed by atoms with E-state index in [1.807, 2.05) is 28.0 Å². The van der Waals surface area contributed by atoms with Crippen LogP contribution in [0.2, 0.25) is 0 Å². The van der Waals surface area contributed by atoms with E-state index in [0.29, 0.717) is 43.1 Å². The van der Waals surface area contributed by atoms with E-state index >= 15 is 0 Å². The number of anilines is 2. The number of piperidine rings is 1. The molecule has 190 valence electrons. The zero-order valence-corrected chi connectivity index (χ0v) is 21.0. The lowest BCUT2D eigenvalue weighted by atomic mass is 9.98. The number of fused-ring (bicyclic) bond motifs is 1. The van der Waals surface area contributed by atoms with Gasteiger partial charge in [0.25, 0.3) is 5.91 Å². The molecule has 3 amide bonds. The Balaban J connectivity index is 1.00. The maximum atomic E-state index is 13.1. The molecule has 0 spiro atoms. The molecular weight excluding hydrogens is 490 g/mol. The number of thiazole rings is 1. The summed E-state index contributed by atoms with van der Waals surface area (Å²) in [6.07, 6.45) is 3.49. The third-order valence-electron chi connectivity index (χ3n) is 6.97. The Morgan fingerprint density at radius 2 is 1.73 bits per heavy atom. The Morgan fingerprint density at radius 3 is 2.51 bits per heavy atom. The number of pyridine rings is 1. The molecule has 0 aliphatic carbocycles. The summed E-state index contributed by atoms with van der Waals surface area (Å²) >= 11 is 1.51. The van der Waals surface area contributed by atoms with Crippen LogP contribution in [0.3, 0.4) is 0 Å². The maximum absolute atomic E-state index is 13.1. The molecule has 2 N–H and O–H groups in total. The summed E-state index contributed by atoms with van der Waals surface area (Å²) in [7, 11) is 0. The first-order valence-electron chi connectivity index (χ1n) is 12.4. The van der Waals surface area contributed by atoms with E-state index in [1.54, 1.807) is 29.8 Å². The SMILES string of the molecule is O=C(Nc1ccc2n[nH]nc2c1)c1csc(C2CCN(C(=O)N3CCN(c4ccccn4)CC3)CC2)n1. The third-order valence-corrected chi connectivity index (χ3v) is 7.97. The average Bonchev–Trinajstić information content (AvgIpc) is 3.63. The third kappa shape index (κ3) is 4.96. The molecule has 37 heavy (non-hydrogen) atoms. The monoisotopic (exact) mass is 517 g/mol. The van der Waals surface area contributed by atoms with E-state index in [0.717, 1.165) is 42.3 Å². The smallest absolute Gasteiger partial charge is 0.320 e. The molecule has 6 rings (SSSR count). The van der Waals surface area contributed by atoms with E-state index in [9.17, 15) is 9.59 Å². The van der Waals surface area contributed by atoms with Gasteiger partial charge in [0.05, 0.1) is 5.01 Å². The minimum atomic E-state index is -0.247. The summed E-state index contributed by atoms with van der Waals surface area (Å²) in [6, 6.07) is 11.4. The van der Waals surface area contributed by atoms with E-state index in [1.165, 1.54) is 11.3 Å². The van der Waals surface area contributed by atoms with Crippen LogP contribution in [0, 0.1) is 0 Å². The molecule has 0 atom stereocenters. The summed E-state index contributed by atoms with van der Waals surface area (Å²) in [5.41, 5.74) is 2.48. The van der Waals surface area contributed by atoms with Crippen molar-refractivity contribution in [3.05, 3.63) is 58.7 Å². The summed E-state index contributed by atoms with van der Waals surface area (Å²) in [5.74, 6) is 0.967. The van der Waals surface area contributed by atoms with Crippen LogP contribution in [0.25, 0.3) is 11.0 Å². The number of nitrogens with one attached hydrogen (secondary N) is 2. The molecule has 0 saturated carbocycles. The Labute approximate surface area is 217 Å². The number of nitrogens with zero attached hydrogens (tertiary/aromatic N) is 7. The number of aromatic amines is 1. The maximum Gasteiger partial charge on any atom is 0.320 e. The number of hydrogen-bond donors (Lipinski definition) is 2. The summed E-state index contributed by atoms with van der Waals surface area (Å²) in [5, 5.41) is 16.3. The highest BCUT2D eigenvalue weighted by atomic mass is 32.1. The van der Waals surface area contributed by atoms with Gasteiger partial charge in [-0.1, -0.05) is 6.07 Å². The first kappa shape index (κ1) is 23.3. The fraction of sp³-hybridized carbons (Fsp3) is 0.360. The molecule has 11 nitrogen and oxygen atoms in total. The van der Waals surface area contributed by atoms with Crippen LogP contribution >= 0.6 is 11.3 Å². The number of rotatable bonds is 4. The number of carbonyl (C=O) groups is 2.